The topological polar surface area (TPSA) is 185 Å². The second-order valence-electron chi connectivity index (χ2n) is 13.8. The van der Waals surface area contributed by atoms with Crippen LogP contribution in [0.2, 0.25) is 0 Å². The molecule has 0 aromatic heterocycles. The van der Waals surface area contributed by atoms with Gasteiger partial charge in [0.25, 0.3) is 0 Å². The molecule has 17 heteroatoms. The zero-order chi connectivity index (χ0) is 38.3. The molecule has 0 atom stereocenters. The fraction of sp³-hybridized carbons (Fsp3) is 0.395. The van der Waals surface area contributed by atoms with Crippen LogP contribution in [0.4, 0.5) is 11.4 Å². The molecule has 2 aromatic carbocycles. The average Bonchev–Trinajstić information content (AvgIpc) is 3.41. The van der Waals surface area contributed by atoms with Gasteiger partial charge in [-0.1, -0.05) is 43.7 Å². The van der Waals surface area contributed by atoms with E-state index in [1.54, 1.807) is 6.07 Å². The van der Waals surface area contributed by atoms with Crippen LogP contribution in [-0.2, 0) is 39.9 Å². The van der Waals surface area contributed by atoms with E-state index >= 15 is 0 Å². The Morgan fingerprint density at radius 2 is 1.55 bits per heavy atom. The summed E-state index contributed by atoms with van der Waals surface area (Å²) in [6.45, 7) is 11.1. The molecule has 12 nitrogen and oxygen atoms in total. The number of benzene rings is 2. The fourth-order valence-electron chi connectivity index (χ4n) is 6.77. The van der Waals surface area contributed by atoms with Gasteiger partial charge in [0.05, 0.1) is 22.4 Å². The Kier molecular flexibility index (Phi) is 21.7. The van der Waals surface area contributed by atoms with Crippen LogP contribution in [0, 0.1) is 0 Å². The first-order valence-corrected chi connectivity index (χ1v) is 19.1. The third kappa shape index (κ3) is 13.5. The summed E-state index contributed by atoms with van der Waals surface area (Å²) in [6.07, 6.45) is 13.8. The minimum absolute atomic E-state index is 0. The molecular formula is C38H43N2Na3O10S2. The van der Waals surface area contributed by atoms with E-state index in [1.165, 1.54) is 12.1 Å². The number of anilines is 1. The van der Waals surface area contributed by atoms with Crippen LogP contribution in [0.1, 0.15) is 84.3 Å². The van der Waals surface area contributed by atoms with Crippen molar-refractivity contribution in [3.05, 3.63) is 95.3 Å². The van der Waals surface area contributed by atoms with Crippen molar-refractivity contribution in [3.8, 4) is 0 Å². The molecule has 0 radical (unpaired) electrons. The molecule has 0 amide bonds. The minimum Gasteiger partial charge on any atom is -0.744 e. The predicted molar refractivity (Wildman–Crippen MR) is 190 cm³/mol. The summed E-state index contributed by atoms with van der Waals surface area (Å²) in [4.78, 5) is 24.4. The Morgan fingerprint density at radius 3 is 2.16 bits per heavy atom. The molecule has 2 aliphatic rings. The fourth-order valence-corrected chi connectivity index (χ4v) is 7.66. The van der Waals surface area contributed by atoms with Crippen molar-refractivity contribution in [2.75, 3.05) is 18.0 Å². The van der Waals surface area contributed by atoms with Crippen molar-refractivity contribution in [3.63, 3.8) is 0 Å². The molecular weight excluding hydrogens is 778 g/mol. The van der Waals surface area contributed by atoms with Crippen molar-refractivity contribution < 1.29 is 141 Å². The summed E-state index contributed by atoms with van der Waals surface area (Å²) < 4.78 is 42.2. The van der Waals surface area contributed by atoms with E-state index in [0.29, 0.717) is 49.2 Å². The van der Waals surface area contributed by atoms with Crippen molar-refractivity contribution in [1.29, 1.82) is 0 Å². The number of hydrogen-bond donors (Lipinski definition) is 0. The number of nitrogens with zero attached hydrogens (tertiary/aromatic N) is 2. The molecule has 2 aromatic rings. The summed E-state index contributed by atoms with van der Waals surface area (Å²) in [5.74, 6) is -2.20. The van der Waals surface area contributed by atoms with E-state index in [9.17, 15) is 38.0 Å². The van der Waals surface area contributed by atoms with Gasteiger partial charge in [0.1, 0.15) is 16.7 Å². The van der Waals surface area contributed by atoms with Gasteiger partial charge in [-0.25, -0.2) is 8.42 Å². The van der Waals surface area contributed by atoms with E-state index in [1.807, 2.05) is 80.3 Å². The number of rotatable bonds is 18. The van der Waals surface area contributed by atoms with E-state index < -0.39 is 32.9 Å². The molecule has 55 heavy (non-hydrogen) atoms. The first-order valence-electron chi connectivity index (χ1n) is 16.9. The molecule has 0 aliphatic carbocycles. The maximum atomic E-state index is 11.8. The normalized spacial score (nSPS) is 16.5. The van der Waals surface area contributed by atoms with Gasteiger partial charge >= 0.3 is 88.7 Å². The molecule has 2 heterocycles. The minimum atomic E-state index is -4.66. The van der Waals surface area contributed by atoms with E-state index in [4.69, 9.17) is 0 Å². The van der Waals surface area contributed by atoms with E-state index in [-0.39, 0.29) is 106 Å². The number of carboxylic acid groups (broad SMARTS) is 2. The third-order valence-corrected chi connectivity index (χ3v) is 10.8. The standard InChI is InChI=1S/C38H46N2O10S2.3Na/c1-26(12-10-14-33-37(2,3)29-24-27(51-50-49-45)18-20-31(29)39(33)22-8-6-16-35(41)42)13-11-15-34-38(4,5)30-25-28(52(46,47)48)19-21-32(30)40(34)23-9-7-17-36(43)44;;;/h10-15,18-21,24-25H,6-9,16-17,22-23H2,1-5H3,(H3-,41,42,43,44,45,46,47,48);;;/q;3*+1/p-3. The number of carbonyl (C=O) groups is 2. The number of carbonyl (C=O) groups excluding carboxylic acids is 2. The molecule has 0 saturated heterocycles. The maximum absolute atomic E-state index is 11.8. The maximum Gasteiger partial charge on any atom is 1.00 e. The summed E-state index contributed by atoms with van der Waals surface area (Å²) in [7, 11) is -4.66. The largest absolute Gasteiger partial charge is 1.00 e. The van der Waals surface area contributed by atoms with Gasteiger partial charge in [0, 0.05) is 64.3 Å². The van der Waals surface area contributed by atoms with Gasteiger partial charge in [-0.15, -0.1) is 0 Å². The SMILES string of the molecule is CC(/C=C/C=C1/N(CCCCC(=O)[O-])c2ccc(S(=O)(=O)[O-])cc2C1(C)C)=C\C=C\C1=[N+](CCCCC(=O)[O-])c2ccc(SOO[O-])cc2C1(C)C.[Na+].[Na+].[Na+]. The van der Waals surface area contributed by atoms with Gasteiger partial charge in [-0.3, -0.25) is 5.04 Å². The molecule has 0 spiro atoms. The first kappa shape index (κ1) is 52.0. The van der Waals surface area contributed by atoms with E-state index in [0.717, 1.165) is 46.0 Å². The van der Waals surface area contributed by atoms with Crippen LogP contribution in [0.5, 0.6) is 0 Å². The Morgan fingerprint density at radius 1 is 0.891 bits per heavy atom. The summed E-state index contributed by atoms with van der Waals surface area (Å²) >= 11 is 0.818. The smallest absolute Gasteiger partial charge is 0.744 e. The van der Waals surface area contributed by atoms with Gasteiger partial charge in [-0.05, 0) is 94.8 Å². The molecule has 4 rings (SSSR count). The Balaban J connectivity index is 0.00000504. The Hall–Kier alpha value is -1.05. The Bertz CT molecular complexity index is 1960. The molecule has 0 bridgehead atoms. The third-order valence-electron chi connectivity index (χ3n) is 9.42. The van der Waals surface area contributed by atoms with Crippen LogP contribution in [0.25, 0.3) is 0 Å². The molecule has 280 valence electrons. The van der Waals surface area contributed by atoms with Crippen molar-refractivity contribution >= 4 is 51.2 Å². The van der Waals surface area contributed by atoms with Crippen LogP contribution in [-0.4, -0.2) is 48.3 Å². The van der Waals surface area contributed by atoms with Crippen molar-refractivity contribution in [1.82, 2.24) is 0 Å². The van der Waals surface area contributed by atoms with Crippen LogP contribution in [0.3, 0.4) is 0 Å². The van der Waals surface area contributed by atoms with Crippen molar-refractivity contribution in [2.24, 2.45) is 0 Å². The number of fused-ring (bicyclic) bond motifs is 2. The summed E-state index contributed by atoms with van der Waals surface area (Å²) in [6, 6.07) is 10.1. The van der Waals surface area contributed by atoms with Crippen molar-refractivity contribution in [2.45, 2.75) is 93.8 Å². The predicted octanol–water partition coefficient (Wildman–Crippen LogP) is -5.21. The van der Waals surface area contributed by atoms with Gasteiger partial charge in [0.15, 0.2) is 5.71 Å². The van der Waals surface area contributed by atoms with E-state index in [2.05, 4.69) is 27.8 Å². The zero-order valence-electron chi connectivity index (χ0n) is 32.9. The Labute approximate surface area is 394 Å². The first-order chi connectivity index (χ1) is 24.5. The average molecular weight is 821 g/mol. The van der Waals surface area contributed by atoms with Crippen LogP contribution < -0.4 is 109 Å². The number of carboxylic acids is 2. The number of hydrogen-bond acceptors (Lipinski definition) is 12. The summed E-state index contributed by atoms with van der Waals surface area (Å²) in [5.41, 5.74) is 5.18. The second kappa shape index (κ2) is 22.9. The second-order valence-corrected chi connectivity index (χ2v) is 16.0. The quantitative estimate of drug-likeness (QED) is 0.0204. The van der Waals surface area contributed by atoms with Gasteiger partial charge in [-0.2, -0.15) is 8.91 Å². The molecule has 2 aliphatic heterocycles. The molecule has 0 saturated carbocycles. The molecule has 0 unspecified atom stereocenters. The monoisotopic (exact) mass is 820 g/mol. The van der Waals surface area contributed by atoms with Gasteiger partial charge in [0.2, 0.25) is 5.69 Å². The van der Waals surface area contributed by atoms with Gasteiger partial charge < -0.3 is 34.5 Å². The zero-order valence-corrected chi connectivity index (χ0v) is 40.5. The molecule has 0 N–H and O–H groups in total. The number of allylic oxidation sites excluding steroid dienone is 8. The number of aliphatic carboxylic acids is 2. The molecule has 0 fully saturated rings. The van der Waals surface area contributed by atoms with Crippen LogP contribution >= 0.6 is 12.0 Å². The van der Waals surface area contributed by atoms with Crippen LogP contribution in [0.15, 0.2) is 93.9 Å². The summed E-state index contributed by atoms with van der Waals surface area (Å²) in [5, 5.41) is 35.9. The number of unbranched alkanes of at least 4 members (excludes halogenated alkanes) is 2.